The summed E-state index contributed by atoms with van der Waals surface area (Å²) in [4.78, 5) is 42.2. The molecule has 14 nitrogen and oxygen atoms in total. The van der Waals surface area contributed by atoms with Gasteiger partial charge in [0.1, 0.15) is 12.1 Å². The van der Waals surface area contributed by atoms with Gasteiger partial charge >= 0.3 is 24.0 Å². The van der Waals surface area contributed by atoms with Crippen molar-refractivity contribution < 1.29 is 53.8 Å². The molecule has 1 amide bonds. The molecule has 0 saturated carbocycles. The molecule has 0 unspecified atom stereocenters. The maximum atomic E-state index is 11.2. The fourth-order valence-electron chi connectivity index (χ4n) is 1.17. The first-order valence-electron chi connectivity index (χ1n) is 9.09. The molecule has 0 bridgehead atoms. The van der Waals surface area contributed by atoms with Gasteiger partial charge < -0.3 is 51.4 Å². The number of esters is 2. The Morgan fingerprint density at radius 1 is 0.806 bits per heavy atom. The van der Waals surface area contributed by atoms with E-state index in [-0.39, 0.29) is 18.8 Å². The molecule has 14 heteroatoms. The van der Waals surface area contributed by atoms with Crippen LogP contribution in [0.15, 0.2) is 0 Å². The van der Waals surface area contributed by atoms with Gasteiger partial charge in [-0.25, -0.2) is 9.59 Å². The van der Waals surface area contributed by atoms with Gasteiger partial charge in [0, 0.05) is 0 Å². The van der Waals surface area contributed by atoms with E-state index in [0.717, 1.165) is 7.11 Å². The Morgan fingerprint density at radius 3 is 1.48 bits per heavy atom. The van der Waals surface area contributed by atoms with Crippen LogP contribution in [0.25, 0.3) is 0 Å². The molecule has 31 heavy (non-hydrogen) atoms. The molecule has 0 saturated heterocycles. The minimum absolute atomic E-state index is 0.176. The van der Waals surface area contributed by atoms with E-state index in [0.29, 0.717) is 0 Å². The molecule has 184 valence electrons. The Balaban J connectivity index is -0.000000404. The smallest absolute Gasteiger partial charge is 0.407 e. The topological polar surface area (TPSA) is 241 Å². The first-order chi connectivity index (χ1) is 14.3. The summed E-state index contributed by atoms with van der Waals surface area (Å²) in [5.74, 6) is -2.42. The fourth-order valence-corrected chi connectivity index (χ4v) is 1.17. The Morgan fingerprint density at radius 2 is 1.23 bits per heavy atom. The quantitative estimate of drug-likeness (QED) is 0.138. The number of carboxylic acids is 1. The number of alkyl carbamates (subject to hydrolysis) is 1. The summed E-state index contributed by atoms with van der Waals surface area (Å²) in [6.45, 7) is 5.39. The number of ether oxygens (including phenoxy) is 3. The second kappa shape index (κ2) is 19.4. The van der Waals surface area contributed by atoms with Crippen LogP contribution in [0.4, 0.5) is 4.79 Å². The Hall–Kier alpha value is -2.52. The summed E-state index contributed by atoms with van der Waals surface area (Å²) in [5.41, 5.74) is 9.91. The molecule has 0 aliphatic carbocycles. The van der Waals surface area contributed by atoms with Crippen LogP contribution < -0.4 is 16.8 Å². The lowest BCUT2D eigenvalue weighted by molar-refractivity contribution is -0.151. The predicted octanol–water partition coefficient (Wildman–Crippen LogP) is -2.70. The van der Waals surface area contributed by atoms with Crippen LogP contribution in [-0.4, -0.2) is 102 Å². The van der Waals surface area contributed by atoms with E-state index >= 15 is 0 Å². The van der Waals surface area contributed by atoms with Crippen LogP contribution in [0, 0.1) is 0 Å². The second-order valence-corrected chi connectivity index (χ2v) is 6.26. The minimum atomic E-state index is -1.18. The summed E-state index contributed by atoms with van der Waals surface area (Å²) < 4.78 is 13.7. The number of methoxy groups -OCH3 is 1. The molecule has 0 fully saturated rings. The molecular formula is C17H35N3O11. The average molecular weight is 457 g/mol. The van der Waals surface area contributed by atoms with Gasteiger partial charge in [0.2, 0.25) is 0 Å². The average Bonchev–Trinajstić information content (AvgIpc) is 2.69. The lowest BCUT2D eigenvalue weighted by Gasteiger charge is -2.16. The molecule has 3 atom stereocenters. The highest BCUT2D eigenvalue weighted by atomic mass is 16.6. The molecule has 9 N–H and O–H groups in total. The second-order valence-electron chi connectivity index (χ2n) is 6.26. The number of amides is 1. The predicted molar refractivity (Wildman–Crippen MR) is 107 cm³/mol. The zero-order valence-corrected chi connectivity index (χ0v) is 18.3. The lowest BCUT2D eigenvalue weighted by Crippen LogP contribution is -2.44. The standard InChI is InChI=1S/C8H15NO5.C6H13NO3.C3H7NO3/c1-5(2)14-7(11)6(4-10)9-8(12)13-3;1-4(2)10-6(9)5(7)3-8;4-2(1-5)3(6)7/h5-6,10H,4H2,1-3H3,(H,9,12);4-5,8H,3,7H2,1-2H3;2,5H,1,4H2,(H,6,7)/t6-;5-;2-/m111/s1. The number of hydrogen-bond acceptors (Lipinski definition) is 12. The van der Waals surface area contributed by atoms with Crippen molar-refractivity contribution in [1.29, 1.82) is 0 Å². The van der Waals surface area contributed by atoms with Gasteiger partial charge in [-0.2, -0.15) is 0 Å². The van der Waals surface area contributed by atoms with Crippen molar-refractivity contribution >= 4 is 24.0 Å². The SMILES string of the molecule is CC(C)OC(=O)[C@H](N)CO.COC(=O)N[C@H](CO)C(=O)OC(C)C.N[C@H](CO)C(=O)O. The molecule has 0 radical (unpaired) electrons. The van der Waals surface area contributed by atoms with Gasteiger partial charge in [0.25, 0.3) is 0 Å². The van der Waals surface area contributed by atoms with Crippen LogP contribution in [0.2, 0.25) is 0 Å². The molecule has 0 aliphatic heterocycles. The van der Waals surface area contributed by atoms with Crippen LogP contribution in [0.1, 0.15) is 27.7 Å². The number of hydrogen-bond donors (Lipinski definition) is 7. The van der Waals surface area contributed by atoms with Gasteiger partial charge in [-0.15, -0.1) is 0 Å². The maximum absolute atomic E-state index is 11.2. The third kappa shape index (κ3) is 20.5. The zero-order valence-electron chi connectivity index (χ0n) is 18.3. The van der Waals surface area contributed by atoms with E-state index in [1.165, 1.54) is 0 Å². The molecule has 0 rings (SSSR count). The summed E-state index contributed by atoms with van der Waals surface area (Å²) >= 11 is 0. The Labute approximate surface area is 180 Å². The van der Waals surface area contributed by atoms with Crippen molar-refractivity contribution in [3.05, 3.63) is 0 Å². The van der Waals surface area contributed by atoms with Crippen molar-refractivity contribution in [3.8, 4) is 0 Å². The molecule has 0 aliphatic rings. The third-order valence-electron chi connectivity index (χ3n) is 2.66. The highest BCUT2D eigenvalue weighted by Gasteiger charge is 2.22. The van der Waals surface area contributed by atoms with Crippen LogP contribution in [0.5, 0.6) is 0 Å². The van der Waals surface area contributed by atoms with E-state index in [2.05, 4.69) is 14.8 Å². The largest absolute Gasteiger partial charge is 0.480 e. The van der Waals surface area contributed by atoms with E-state index in [1.807, 2.05) is 0 Å². The van der Waals surface area contributed by atoms with Gasteiger partial charge in [0.05, 0.1) is 39.1 Å². The van der Waals surface area contributed by atoms with E-state index in [9.17, 15) is 19.2 Å². The molecule has 0 heterocycles. The van der Waals surface area contributed by atoms with Crippen LogP contribution in [0.3, 0.4) is 0 Å². The van der Waals surface area contributed by atoms with Crippen LogP contribution in [-0.2, 0) is 28.6 Å². The maximum Gasteiger partial charge on any atom is 0.407 e. The third-order valence-corrected chi connectivity index (χ3v) is 2.66. The molecule has 0 aromatic heterocycles. The monoisotopic (exact) mass is 457 g/mol. The number of carbonyl (C=O) groups excluding carboxylic acids is 3. The molecule has 0 aromatic carbocycles. The minimum Gasteiger partial charge on any atom is -0.480 e. The van der Waals surface area contributed by atoms with Gasteiger partial charge in [-0.1, -0.05) is 0 Å². The van der Waals surface area contributed by atoms with Crippen molar-refractivity contribution in [2.75, 3.05) is 26.9 Å². The number of rotatable bonds is 9. The summed E-state index contributed by atoms with van der Waals surface area (Å²) in [5, 5.41) is 35.2. The van der Waals surface area contributed by atoms with Crippen molar-refractivity contribution in [1.82, 2.24) is 5.32 Å². The molecule has 0 aromatic rings. The number of nitrogens with two attached hydrogens (primary N) is 2. The first-order valence-corrected chi connectivity index (χ1v) is 9.09. The van der Waals surface area contributed by atoms with Gasteiger partial charge in [0.15, 0.2) is 6.04 Å². The fraction of sp³-hybridized carbons (Fsp3) is 0.765. The van der Waals surface area contributed by atoms with Gasteiger partial charge in [-0.3, -0.25) is 9.59 Å². The zero-order chi connectivity index (χ0) is 25.1. The van der Waals surface area contributed by atoms with E-state index in [4.69, 9.17) is 36.6 Å². The summed E-state index contributed by atoms with van der Waals surface area (Å²) in [6, 6.07) is -3.10. The normalized spacial score (nSPS) is 12.8. The number of aliphatic hydroxyl groups excluding tert-OH is 3. The lowest BCUT2D eigenvalue weighted by atomic mass is 10.3. The number of nitrogens with one attached hydrogen (secondary N) is 1. The summed E-state index contributed by atoms with van der Waals surface area (Å²) in [7, 11) is 1.16. The molecule has 0 spiro atoms. The van der Waals surface area contributed by atoms with Crippen molar-refractivity contribution in [2.24, 2.45) is 11.5 Å². The van der Waals surface area contributed by atoms with E-state index < -0.39 is 55.3 Å². The Bertz CT molecular complexity index is 529. The van der Waals surface area contributed by atoms with Crippen LogP contribution >= 0.6 is 0 Å². The van der Waals surface area contributed by atoms with Crippen molar-refractivity contribution in [2.45, 2.75) is 58.0 Å². The summed E-state index contributed by atoms with van der Waals surface area (Å²) in [6.07, 6.45) is -1.26. The molecular weight excluding hydrogens is 422 g/mol. The number of carbonyl (C=O) groups is 4. The van der Waals surface area contributed by atoms with Gasteiger partial charge in [-0.05, 0) is 27.7 Å². The number of carboxylic acid groups (broad SMARTS) is 1. The highest BCUT2D eigenvalue weighted by Crippen LogP contribution is 1.95. The first kappa shape index (κ1) is 33.1. The number of aliphatic carboxylic acids is 1. The number of aliphatic hydroxyl groups is 3. The Kier molecular flexibility index (Phi) is 20.8. The van der Waals surface area contributed by atoms with Crippen molar-refractivity contribution in [3.63, 3.8) is 0 Å². The van der Waals surface area contributed by atoms with E-state index in [1.54, 1.807) is 27.7 Å². The highest BCUT2D eigenvalue weighted by molar-refractivity contribution is 5.81.